The normalized spacial score (nSPS) is 27.7. The summed E-state index contributed by atoms with van der Waals surface area (Å²) in [5.74, 6) is 0.973. The van der Waals surface area contributed by atoms with Crippen LogP contribution in [-0.2, 0) is 11.2 Å². The zero-order chi connectivity index (χ0) is 22.7. The molecule has 33 heavy (non-hydrogen) atoms. The first-order chi connectivity index (χ1) is 16.0. The van der Waals surface area contributed by atoms with E-state index in [-0.39, 0.29) is 11.7 Å². The molecule has 1 saturated carbocycles. The SMILES string of the molecule is CCC1CC2C[C@H]3c4c(c5cc(O)ccc5n4C(=O)OC(=O)c4ccccc4)CCN(C2)C13. The van der Waals surface area contributed by atoms with Crippen LogP contribution in [0.3, 0.4) is 0 Å². The molecule has 5 atom stereocenters. The van der Waals surface area contributed by atoms with Gasteiger partial charge in [0.05, 0.1) is 11.1 Å². The molecule has 3 aromatic rings. The Kier molecular flexibility index (Phi) is 4.80. The van der Waals surface area contributed by atoms with Crippen LogP contribution in [0.1, 0.15) is 53.7 Å². The van der Waals surface area contributed by atoms with E-state index < -0.39 is 12.1 Å². The Morgan fingerprint density at radius 1 is 1.12 bits per heavy atom. The quantitative estimate of drug-likeness (QED) is 0.448. The van der Waals surface area contributed by atoms with Gasteiger partial charge in [0.25, 0.3) is 0 Å². The maximum atomic E-state index is 13.5. The highest BCUT2D eigenvalue weighted by molar-refractivity contribution is 6.01. The van der Waals surface area contributed by atoms with Crippen molar-refractivity contribution in [1.29, 1.82) is 0 Å². The summed E-state index contributed by atoms with van der Waals surface area (Å²) in [6, 6.07) is 14.1. The lowest BCUT2D eigenvalue weighted by Crippen LogP contribution is -2.56. The predicted octanol–water partition coefficient (Wildman–Crippen LogP) is 4.93. The number of aromatic hydroxyl groups is 1. The van der Waals surface area contributed by atoms with E-state index in [0.717, 1.165) is 49.0 Å². The van der Waals surface area contributed by atoms with Gasteiger partial charge in [-0.25, -0.2) is 14.2 Å². The molecular formula is C27H28N2O4. The molecule has 1 aliphatic carbocycles. The molecule has 0 spiro atoms. The summed E-state index contributed by atoms with van der Waals surface area (Å²) in [5.41, 5.74) is 3.14. The third-order valence-electron chi connectivity index (χ3n) is 8.03. The minimum absolute atomic E-state index is 0.177. The first-order valence-electron chi connectivity index (χ1n) is 12.0. The largest absolute Gasteiger partial charge is 0.508 e. The standard InChI is InChI=1S/C27H28N2O4/c1-2-17-12-16-13-22-24(17)28(15-16)11-10-20-21-14-19(30)8-9-23(21)29(25(20)22)27(32)33-26(31)18-6-4-3-5-7-18/h3-9,14,16-17,22,24,30H,2,10-13,15H2,1H3/t16?,17?,22-,24?/m1/s1. The van der Waals surface area contributed by atoms with E-state index in [1.54, 1.807) is 47.0 Å². The van der Waals surface area contributed by atoms with E-state index >= 15 is 0 Å². The number of ether oxygens (including phenoxy) is 1. The number of carbonyl (C=O) groups excluding carboxylic acids is 2. The highest BCUT2D eigenvalue weighted by Crippen LogP contribution is 2.52. The van der Waals surface area contributed by atoms with Crippen molar-refractivity contribution in [3.05, 3.63) is 65.4 Å². The van der Waals surface area contributed by atoms with Gasteiger partial charge < -0.3 is 9.84 Å². The summed E-state index contributed by atoms with van der Waals surface area (Å²) in [5, 5.41) is 11.1. The van der Waals surface area contributed by atoms with Crippen molar-refractivity contribution in [3.8, 4) is 5.75 Å². The number of hydrogen-bond donors (Lipinski definition) is 1. The Bertz CT molecular complexity index is 1250. The number of rotatable bonds is 2. The molecule has 1 aromatic heterocycles. The average molecular weight is 445 g/mol. The van der Waals surface area contributed by atoms with Crippen LogP contribution in [0.25, 0.3) is 10.9 Å². The van der Waals surface area contributed by atoms with Crippen LogP contribution in [0.5, 0.6) is 5.75 Å². The van der Waals surface area contributed by atoms with Crippen LogP contribution in [-0.4, -0.2) is 45.8 Å². The minimum atomic E-state index is -0.663. The van der Waals surface area contributed by atoms with Crippen LogP contribution in [0.15, 0.2) is 48.5 Å². The van der Waals surface area contributed by atoms with Crippen molar-refractivity contribution in [2.45, 2.75) is 44.6 Å². The van der Waals surface area contributed by atoms with Crippen LogP contribution in [0.2, 0.25) is 0 Å². The second-order valence-electron chi connectivity index (χ2n) is 9.77. The van der Waals surface area contributed by atoms with Crippen molar-refractivity contribution in [2.75, 3.05) is 13.1 Å². The van der Waals surface area contributed by atoms with Gasteiger partial charge in [-0.15, -0.1) is 0 Å². The summed E-state index contributed by atoms with van der Waals surface area (Å²) in [6.45, 7) is 4.34. The average Bonchev–Trinajstić information content (AvgIpc) is 3.10. The molecule has 170 valence electrons. The van der Waals surface area contributed by atoms with Gasteiger partial charge in [-0.2, -0.15) is 0 Å². The van der Waals surface area contributed by atoms with Gasteiger partial charge in [-0.1, -0.05) is 31.5 Å². The molecule has 1 N–H and O–H groups in total. The van der Waals surface area contributed by atoms with E-state index in [1.807, 2.05) is 6.07 Å². The number of piperidine rings is 2. The number of carbonyl (C=O) groups is 2. The Morgan fingerprint density at radius 3 is 2.73 bits per heavy atom. The molecule has 2 aromatic carbocycles. The Morgan fingerprint density at radius 2 is 1.94 bits per heavy atom. The Labute approximate surface area is 192 Å². The van der Waals surface area contributed by atoms with Gasteiger partial charge in [0.1, 0.15) is 5.75 Å². The number of phenols is 1. The highest BCUT2D eigenvalue weighted by atomic mass is 16.6. The molecule has 6 nitrogen and oxygen atoms in total. The molecule has 2 saturated heterocycles. The van der Waals surface area contributed by atoms with Crippen molar-refractivity contribution in [2.24, 2.45) is 11.8 Å². The van der Waals surface area contributed by atoms with Crippen molar-refractivity contribution >= 4 is 23.0 Å². The lowest BCUT2D eigenvalue weighted by atomic mass is 9.65. The number of fused-ring (bicyclic) bond motifs is 4. The minimum Gasteiger partial charge on any atom is -0.508 e. The predicted molar refractivity (Wildman–Crippen MR) is 125 cm³/mol. The molecule has 0 radical (unpaired) electrons. The summed E-state index contributed by atoms with van der Waals surface area (Å²) in [7, 11) is 0. The third kappa shape index (κ3) is 3.19. The van der Waals surface area contributed by atoms with E-state index in [0.29, 0.717) is 29.0 Å². The number of phenolic OH excluding ortho intramolecular Hbond substituents is 1. The van der Waals surface area contributed by atoms with E-state index in [1.165, 1.54) is 6.42 Å². The highest BCUT2D eigenvalue weighted by Gasteiger charge is 2.50. The van der Waals surface area contributed by atoms with Gasteiger partial charge in [0, 0.05) is 36.1 Å². The molecule has 6 heteroatoms. The van der Waals surface area contributed by atoms with Crippen LogP contribution in [0, 0.1) is 11.8 Å². The van der Waals surface area contributed by atoms with Crippen molar-refractivity contribution in [3.63, 3.8) is 0 Å². The number of nitrogens with zero attached hydrogens (tertiary/aromatic N) is 2. The summed E-state index contributed by atoms with van der Waals surface area (Å²) in [4.78, 5) is 28.9. The topological polar surface area (TPSA) is 71.8 Å². The summed E-state index contributed by atoms with van der Waals surface area (Å²) < 4.78 is 7.04. The molecule has 4 bridgehead atoms. The number of esters is 1. The second-order valence-corrected chi connectivity index (χ2v) is 9.77. The van der Waals surface area contributed by atoms with Gasteiger partial charge in [0.15, 0.2) is 0 Å². The lowest BCUT2D eigenvalue weighted by molar-refractivity contribution is -0.0140. The first kappa shape index (κ1) is 20.5. The Balaban J connectivity index is 1.49. The van der Waals surface area contributed by atoms with E-state index in [9.17, 15) is 14.7 Å². The Hall–Kier alpha value is -3.12. The lowest BCUT2D eigenvalue weighted by Gasteiger charge is -2.53. The molecule has 3 aliphatic heterocycles. The maximum Gasteiger partial charge on any atom is 0.426 e. The van der Waals surface area contributed by atoms with E-state index in [4.69, 9.17) is 4.74 Å². The summed E-state index contributed by atoms with van der Waals surface area (Å²) >= 11 is 0. The maximum absolute atomic E-state index is 13.5. The van der Waals surface area contributed by atoms with Gasteiger partial charge in [-0.05, 0) is 67.0 Å². The number of hydrogen-bond acceptors (Lipinski definition) is 5. The van der Waals surface area contributed by atoms with Gasteiger partial charge in [0.2, 0.25) is 0 Å². The smallest absolute Gasteiger partial charge is 0.426 e. The molecule has 3 fully saturated rings. The molecule has 0 amide bonds. The zero-order valence-corrected chi connectivity index (χ0v) is 18.7. The fourth-order valence-electron chi connectivity index (χ4n) is 6.79. The fourth-order valence-corrected chi connectivity index (χ4v) is 6.79. The van der Waals surface area contributed by atoms with Crippen LogP contribution < -0.4 is 0 Å². The molecule has 4 heterocycles. The van der Waals surface area contributed by atoms with Crippen LogP contribution >= 0.6 is 0 Å². The molecule has 7 rings (SSSR count). The molecule has 4 aliphatic rings. The zero-order valence-electron chi connectivity index (χ0n) is 18.7. The van der Waals surface area contributed by atoms with Gasteiger partial charge in [-0.3, -0.25) is 4.90 Å². The van der Waals surface area contributed by atoms with E-state index in [2.05, 4.69) is 11.8 Å². The first-order valence-corrected chi connectivity index (χ1v) is 12.0. The van der Waals surface area contributed by atoms with Crippen molar-refractivity contribution < 1.29 is 19.4 Å². The third-order valence-corrected chi connectivity index (χ3v) is 8.03. The fraction of sp³-hybridized carbons (Fsp3) is 0.407. The molecule has 4 unspecified atom stereocenters. The van der Waals surface area contributed by atoms with Gasteiger partial charge >= 0.3 is 12.1 Å². The van der Waals surface area contributed by atoms with Crippen LogP contribution in [0.4, 0.5) is 4.79 Å². The number of aromatic nitrogens is 1. The monoisotopic (exact) mass is 444 g/mol. The molecular weight excluding hydrogens is 416 g/mol. The number of benzene rings is 2. The second kappa shape index (κ2) is 7.73. The summed E-state index contributed by atoms with van der Waals surface area (Å²) in [6.07, 6.45) is 3.58. The van der Waals surface area contributed by atoms with Crippen molar-refractivity contribution in [1.82, 2.24) is 9.47 Å².